The van der Waals surface area contributed by atoms with Crippen LogP contribution in [-0.2, 0) is 19.0 Å². The third-order valence-electron chi connectivity index (χ3n) is 4.58. The molecule has 2 heterocycles. The van der Waals surface area contributed by atoms with E-state index in [1.54, 1.807) is 0 Å². The summed E-state index contributed by atoms with van der Waals surface area (Å²) in [6, 6.07) is 0. The number of aliphatic carboxylic acids is 1. The lowest BCUT2D eigenvalue weighted by molar-refractivity contribution is -0.339. The van der Waals surface area contributed by atoms with Crippen molar-refractivity contribution in [1.82, 2.24) is 0 Å². The first-order chi connectivity index (χ1) is 12.3. The number of carboxylic acid groups (broad SMARTS) is 1. The second-order valence-electron chi connectivity index (χ2n) is 6.15. The molecule has 0 bridgehead atoms. The van der Waals surface area contributed by atoms with E-state index in [0.717, 1.165) is 6.26 Å². The molecule has 0 radical (unpaired) electrons. The van der Waals surface area contributed by atoms with Gasteiger partial charge in [-0.1, -0.05) is 6.08 Å². The minimum absolute atomic E-state index is 0.0578. The van der Waals surface area contributed by atoms with Crippen LogP contribution in [0, 0.1) is 11.8 Å². The molecule has 26 heavy (non-hydrogen) atoms. The van der Waals surface area contributed by atoms with Gasteiger partial charge in [0.15, 0.2) is 6.29 Å². The Morgan fingerprint density at radius 2 is 1.88 bits per heavy atom. The Kier molecular flexibility index (Phi) is 7.12. The number of carbonyl (C=O) groups is 1. The van der Waals surface area contributed by atoms with Crippen LogP contribution in [0.5, 0.6) is 0 Å². The molecule has 0 saturated carbocycles. The van der Waals surface area contributed by atoms with Crippen molar-refractivity contribution >= 4 is 5.97 Å². The van der Waals surface area contributed by atoms with E-state index in [2.05, 4.69) is 6.58 Å². The van der Waals surface area contributed by atoms with E-state index < -0.39 is 61.4 Å². The Balaban J connectivity index is 2.19. The molecule has 0 aromatic heterocycles. The van der Waals surface area contributed by atoms with Gasteiger partial charge in [0.1, 0.15) is 24.4 Å². The first-order valence-corrected chi connectivity index (χ1v) is 8.13. The van der Waals surface area contributed by atoms with Gasteiger partial charge in [-0.25, -0.2) is 4.79 Å². The van der Waals surface area contributed by atoms with Crippen LogP contribution >= 0.6 is 0 Å². The van der Waals surface area contributed by atoms with Crippen LogP contribution in [-0.4, -0.2) is 86.8 Å². The fourth-order valence-corrected chi connectivity index (χ4v) is 3.12. The van der Waals surface area contributed by atoms with Gasteiger partial charge in [-0.2, -0.15) is 0 Å². The molecule has 2 rings (SSSR count). The normalized spacial score (nSPS) is 40.4. The van der Waals surface area contributed by atoms with Gasteiger partial charge in [-0.15, -0.1) is 6.58 Å². The highest BCUT2D eigenvalue weighted by Crippen LogP contribution is 2.36. The molecule has 0 amide bonds. The van der Waals surface area contributed by atoms with Crippen LogP contribution < -0.4 is 0 Å². The smallest absolute Gasteiger partial charge is 0.334 e. The minimum atomic E-state index is -1.62. The van der Waals surface area contributed by atoms with Gasteiger partial charge in [-0.3, -0.25) is 0 Å². The van der Waals surface area contributed by atoms with Crippen molar-refractivity contribution in [3.05, 3.63) is 24.5 Å². The number of hydrogen-bond donors (Lipinski definition) is 6. The molecular formula is C16H24O10. The molecular weight excluding hydrogens is 352 g/mol. The number of aliphatic hydroxyl groups excluding tert-OH is 5. The Hall–Kier alpha value is -1.53. The molecule has 1 fully saturated rings. The zero-order valence-electron chi connectivity index (χ0n) is 13.9. The maximum Gasteiger partial charge on any atom is 0.334 e. The van der Waals surface area contributed by atoms with E-state index >= 15 is 0 Å². The summed E-state index contributed by atoms with van der Waals surface area (Å²) in [5.74, 6) is -2.55. The molecule has 0 unspecified atom stereocenters. The van der Waals surface area contributed by atoms with E-state index in [-0.39, 0.29) is 18.6 Å². The first-order valence-electron chi connectivity index (χ1n) is 8.13. The highest BCUT2D eigenvalue weighted by molar-refractivity contribution is 5.87. The number of rotatable bonds is 7. The van der Waals surface area contributed by atoms with Gasteiger partial charge < -0.3 is 44.8 Å². The van der Waals surface area contributed by atoms with E-state index in [9.17, 15) is 35.4 Å². The zero-order chi connectivity index (χ0) is 19.4. The van der Waals surface area contributed by atoms with Crippen molar-refractivity contribution in [2.45, 2.75) is 43.4 Å². The van der Waals surface area contributed by atoms with Gasteiger partial charge in [-0.05, 0) is 6.42 Å². The predicted molar refractivity (Wildman–Crippen MR) is 84.3 cm³/mol. The van der Waals surface area contributed by atoms with Crippen LogP contribution in [0.25, 0.3) is 0 Å². The lowest BCUT2D eigenvalue weighted by Gasteiger charge is -2.42. The molecule has 10 heteroatoms. The monoisotopic (exact) mass is 376 g/mol. The van der Waals surface area contributed by atoms with E-state index in [1.165, 1.54) is 6.08 Å². The number of carboxylic acids is 1. The summed E-state index contributed by atoms with van der Waals surface area (Å²) >= 11 is 0. The molecule has 6 N–H and O–H groups in total. The average Bonchev–Trinajstić information content (AvgIpc) is 2.62. The van der Waals surface area contributed by atoms with Crippen molar-refractivity contribution in [2.24, 2.45) is 11.8 Å². The fraction of sp³-hybridized carbons (Fsp3) is 0.688. The van der Waals surface area contributed by atoms with Crippen LogP contribution in [0.2, 0.25) is 0 Å². The van der Waals surface area contributed by atoms with E-state index in [0.29, 0.717) is 0 Å². The summed E-state index contributed by atoms with van der Waals surface area (Å²) < 4.78 is 16.1. The minimum Gasteiger partial charge on any atom is -0.478 e. The molecule has 10 nitrogen and oxygen atoms in total. The summed E-state index contributed by atoms with van der Waals surface area (Å²) in [4.78, 5) is 11.4. The lowest BCUT2D eigenvalue weighted by Crippen LogP contribution is -2.60. The standard InChI is InChI=1S/C16H24O10/c1-2-7-8(3-4-17)9(14(22)23)6-24-15(7)26-16-13(21)12(20)11(19)10(5-18)25-16/h2,6-8,10-13,15-21H,1,3-5H2,(H,22,23)/t7-,8+,10-,11-,12+,13-,15+,16+/m1/s1. The maximum atomic E-state index is 11.4. The van der Waals surface area contributed by atoms with E-state index in [1.807, 2.05) is 0 Å². The van der Waals surface area contributed by atoms with Crippen molar-refractivity contribution in [3.63, 3.8) is 0 Å². The number of ether oxygens (including phenoxy) is 3. The number of aliphatic hydroxyl groups is 5. The summed E-state index contributed by atoms with van der Waals surface area (Å²) in [7, 11) is 0. The van der Waals surface area contributed by atoms with Gasteiger partial charge in [0.25, 0.3) is 0 Å². The van der Waals surface area contributed by atoms with Crippen LogP contribution in [0.4, 0.5) is 0 Å². The second-order valence-corrected chi connectivity index (χ2v) is 6.15. The highest BCUT2D eigenvalue weighted by Gasteiger charge is 2.47. The average molecular weight is 376 g/mol. The van der Waals surface area contributed by atoms with Crippen molar-refractivity contribution in [1.29, 1.82) is 0 Å². The summed E-state index contributed by atoms with van der Waals surface area (Å²) in [6.45, 7) is 2.75. The summed E-state index contributed by atoms with van der Waals surface area (Å²) in [6.07, 6.45) is -5.95. The molecule has 8 atom stereocenters. The SMILES string of the molecule is C=C[C@H]1[C@H](O[C@@H]2O[C@H](CO)[C@@H](O)[C@H](O)[C@H]2O)OC=C(C(=O)O)[C@H]1CCO. The third kappa shape index (κ3) is 4.07. The molecule has 2 aliphatic rings. The van der Waals surface area contributed by atoms with Gasteiger partial charge in [0.2, 0.25) is 6.29 Å². The fourth-order valence-electron chi connectivity index (χ4n) is 3.12. The lowest BCUT2D eigenvalue weighted by atomic mass is 9.82. The summed E-state index contributed by atoms with van der Waals surface area (Å²) in [5.41, 5.74) is -0.0578. The molecule has 0 aliphatic carbocycles. The topological polar surface area (TPSA) is 166 Å². The number of hydrogen-bond acceptors (Lipinski definition) is 9. The van der Waals surface area contributed by atoms with Gasteiger partial charge >= 0.3 is 5.97 Å². The highest BCUT2D eigenvalue weighted by atomic mass is 16.8. The molecule has 0 aromatic rings. The molecule has 0 aromatic carbocycles. The van der Waals surface area contributed by atoms with Crippen molar-refractivity contribution in [2.75, 3.05) is 13.2 Å². The van der Waals surface area contributed by atoms with Gasteiger partial charge in [0, 0.05) is 18.4 Å². The Bertz CT molecular complexity index is 533. The molecule has 2 aliphatic heterocycles. The maximum absolute atomic E-state index is 11.4. The third-order valence-corrected chi connectivity index (χ3v) is 4.58. The largest absolute Gasteiger partial charge is 0.478 e. The van der Waals surface area contributed by atoms with Gasteiger partial charge in [0.05, 0.1) is 18.4 Å². The first kappa shape index (κ1) is 20.8. The molecule has 0 spiro atoms. The Morgan fingerprint density at radius 1 is 1.19 bits per heavy atom. The molecule has 148 valence electrons. The van der Waals surface area contributed by atoms with Crippen LogP contribution in [0.3, 0.4) is 0 Å². The second kappa shape index (κ2) is 8.91. The Labute approximate surface area is 149 Å². The summed E-state index contributed by atoms with van der Waals surface area (Å²) in [5, 5.41) is 57.4. The van der Waals surface area contributed by atoms with Crippen molar-refractivity contribution < 1.29 is 49.6 Å². The van der Waals surface area contributed by atoms with Crippen LogP contribution in [0.15, 0.2) is 24.5 Å². The Morgan fingerprint density at radius 3 is 2.42 bits per heavy atom. The molecule has 1 saturated heterocycles. The van der Waals surface area contributed by atoms with E-state index in [4.69, 9.17) is 14.2 Å². The quantitative estimate of drug-likeness (QED) is 0.272. The predicted octanol–water partition coefficient (Wildman–Crippen LogP) is -2.07. The van der Waals surface area contributed by atoms with Crippen molar-refractivity contribution in [3.8, 4) is 0 Å². The van der Waals surface area contributed by atoms with Crippen LogP contribution in [0.1, 0.15) is 6.42 Å². The zero-order valence-corrected chi connectivity index (χ0v) is 13.9.